The quantitative estimate of drug-likeness (QED) is 0.604. The zero-order valence-electron chi connectivity index (χ0n) is 6.73. The highest BCUT2D eigenvalue weighted by Crippen LogP contribution is 1.99. The Bertz CT molecular complexity index is 243. The lowest BCUT2D eigenvalue weighted by molar-refractivity contribution is -0.146. The van der Waals surface area contributed by atoms with E-state index in [1.165, 1.54) is 0 Å². The normalized spacial score (nSPS) is 14.2. The van der Waals surface area contributed by atoms with Crippen LogP contribution in [0.1, 0.15) is 12.8 Å². The molecule has 0 saturated carbocycles. The van der Waals surface area contributed by atoms with Crippen LogP contribution < -0.4 is 0 Å². The molecule has 0 aliphatic rings. The zero-order chi connectivity index (χ0) is 9.78. The van der Waals surface area contributed by atoms with Gasteiger partial charge in [-0.05, 0) is 12.8 Å². The number of carboxylic acid groups (broad SMARTS) is 1. The van der Waals surface area contributed by atoms with Crippen LogP contribution in [0.25, 0.3) is 0 Å². The predicted octanol–water partition coefficient (Wildman–Crippen LogP) is -0.743. The minimum Gasteiger partial charge on any atom is -0.479 e. The number of rotatable bonds is 5. The van der Waals surface area contributed by atoms with E-state index in [0.29, 0.717) is 0 Å². The van der Waals surface area contributed by atoms with E-state index in [4.69, 9.17) is 10.2 Å². The van der Waals surface area contributed by atoms with Crippen LogP contribution >= 0.6 is 0 Å². The highest BCUT2D eigenvalue weighted by Gasteiger charge is 2.13. The van der Waals surface area contributed by atoms with Gasteiger partial charge in [0.05, 0.1) is 0 Å². The van der Waals surface area contributed by atoms with Crippen LogP contribution in [0, 0.1) is 0 Å². The van der Waals surface area contributed by atoms with E-state index < -0.39 is 21.9 Å². The summed E-state index contributed by atoms with van der Waals surface area (Å²) in [5, 5.41) is 16.9. The second kappa shape index (κ2) is 4.42. The Balaban J connectivity index is 3.65. The zero-order valence-corrected chi connectivity index (χ0v) is 7.54. The average molecular weight is 196 g/mol. The van der Waals surface area contributed by atoms with Gasteiger partial charge in [-0.15, -0.1) is 0 Å². The number of carbonyl (C=O) groups is 1. The maximum Gasteiger partial charge on any atom is 0.332 e. The molecule has 0 aromatic carbocycles. The Morgan fingerprint density at radius 3 is 2.33 bits per heavy atom. The molecule has 0 aromatic rings. The summed E-state index contributed by atoms with van der Waals surface area (Å²) in [5.74, 6) is -1.40. The maximum absolute atomic E-state index is 10.6. The first-order valence-corrected chi connectivity index (χ1v) is 5.47. The fourth-order valence-corrected chi connectivity index (χ4v) is 1.35. The van der Waals surface area contributed by atoms with Crippen molar-refractivity contribution in [2.24, 2.45) is 0 Å². The van der Waals surface area contributed by atoms with Gasteiger partial charge in [0.2, 0.25) is 0 Å². The van der Waals surface area contributed by atoms with E-state index in [1.807, 2.05) is 0 Å². The van der Waals surface area contributed by atoms with Crippen molar-refractivity contribution in [3.8, 4) is 0 Å². The standard InChI is InChI=1S/C6H12O5S/c1-12(10,11)4-2-3-5(7)6(8)9/h5,7H,2-4H2,1H3,(H,8,9). The molecule has 0 aliphatic heterocycles. The van der Waals surface area contributed by atoms with Crippen molar-refractivity contribution in [2.75, 3.05) is 12.0 Å². The number of aliphatic hydroxyl groups excluding tert-OH is 1. The Hall–Kier alpha value is -0.620. The summed E-state index contributed by atoms with van der Waals surface area (Å²) >= 11 is 0. The summed E-state index contributed by atoms with van der Waals surface area (Å²) in [4.78, 5) is 10.1. The van der Waals surface area contributed by atoms with Gasteiger partial charge in [0.25, 0.3) is 0 Å². The number of hydrogen-bond donors (Lipinski definition) is 2. The summed E-state index contributed by atoms with van der Waals surface area (Å²) in [7, 11) is -3.05. The van der Waals surface area contributed by atoms with Crippen LogP contribution in [0.15, 0.2) is 0 Å². The molecule has 0 bridgehead atoms. The first-order chi connectivity index (χ1) is 5.33. The number of aliphatic carboxylic acids is 1. The van der Waals surface area contributed by atoms with Gasteiger partial charge in [-0.25, -0.2) is 13.2 Å². The van der Waals surface area contributed by atoms with Gasteiger partial charge < -0.3 is 10.2 Å². The van der Waals surface area contributed by atoms with Crippen LogP contribution in [-0.4, -0.2) is 42.7 Å². The molecule has 6 heteroatoms. The fourth-order valence-electron chi connectivity index (χ4n) is 0.662. The number of hydrogen-bond acceptors (Lipinski definition) is 4. The lowest BCUT2D eigenvalue weighted by atomic mass is 10.2. The molecular weight excluding hydrogens is 184 g/mol. The number of aliphatic hydroxyl groups is 1. The molecule has 2 N–H and O–H groups in total. The molecule has 72 valence electrons. The molecule has 0 saturated heterocycles. The van der Waals surface area contributed by atoms with Crippen molar-refractivity contribution < 1.29 is 23.4 Å². The van der Waals surface area contributed by atoms with Gasteiger partial charge in [0, 0.05) is 12.0 Å². The summed E-state index contributed by atoms with van der Waals surface area (Å²) in [5.41, 5.74) is 0. The van der Waals surface area contributed by atoms with Gasteiger partial charge in [0.15, 0.2) is 6.10 Å². The van der Waals surface area contributed by atoms with Gasteiger partial charge in [-0.1, -0.05) is 0 Å². The lowest BCUT2D eigenvalue weighted by Gasteiger charge is -2.03. The maximum atomic E-state index is 10.6. The summed E-state index contributed by atoms with van der Waals surface area (Å²) in [6.45, 7) is 0. The van der Waals surface area contributed by atoms with E-state index >= 15 is 0 Å². The molecule has 0 aromatic heterocycles. The second-order valence-electron chi connectivity index (χ2n) is 2.63. The highest BCUT2D eigenvalue weighted by atomic mass is 32.2. The third kappa shape index (κ3) is 6.11. The van der Waals surface area contributed by atoms with Crippen LogP contribution in [0.5, 0.6) is 0 Å². The van der Waals surface area contributed by atoms with Gasteiger partial charge in [-0.3, -0.25) is 0 Å². The Labute approximate surface area is 70.9 Å². The van der Waals surface area contributed by atoms with Crippen LogP contribution in [0.2, 0.25) is 0 Å². The predicted molar refractivity (Wildman–Crippen MR) is 42.6 cm³/mol. The van der Waals surface area contributed by atoms with Crippen molar-refractivity contribution in [2.45, 2.75) is 18.9 Å². The summed E-state index contributed by atoms with van der Waals surface area (Å²) < 4.78 is 21.1. The average Bonchev–Trinajstić information content (AvgIpc) is 1.84. The summed E-state index contributed by atoms with van der Waals surface area (Å²) in [6.07, 6.45) is -0.235. The molecule has 0 aliphatic carbocycles. The van der Waals surface area contributed by atoms with Crippen molar-refractivity contribution >= 4 is 15.8 Å². The van der Waals surface area contributed by atoms with Gasteiger partial charge in [-0.2, -0.15) is 0 Å². The van der Waals surface area contributed by atoms with E-state index in [-0.39, 0.29) is 18.6 Å². The molecule has 0 radical (unpaired) electrons. The molecule has 0 amide bonds. The van der Waals surface area contributed by atoms with E-state index in [2.05, 4.69) is 0 Å². The molecule has 0 rings (SSSR count). The van der Waals surface area contributed by atoms with Crippen LogP contribution in [-0.2, 0) is 14.6 Å². The second-order valence-corrected chi connectivity index (χ2v) is 4.89. The SMILES string of the molecule is CS(=O)(=O)CCCC(O)C(=O)O. The molecule has 1 atom stereocenters. The monoisotopic (exact) mass is 196 g/mol. The first-order valence-electron chi connectivity index (χ1n) is 3.41. The Morgan fingerprint density at radius 2 is 2.00 bits per heavy atom. The van der Waals surface area contributed by atoms with Gasteiger partial charge >= 0.3 is 5.97 Å². The molecule has 0 fully saturated rings. The first kappa shape index (κ1) is 11.4. The minimum absolute atomic E-state index is 0.0254. The van der Waals surface area contributed by atoms with Crippen molar-refractivity contribution in [3.05, 3.63) is 0 Å². The minimum atomic E-state index is -3.05. The van der Waals surface area contributed by atoms with E-state index in [1.54, 1.807) is 0 Å². The fraction of sp³-hybridized carbons (Fsp3) is 0.833. The third-order valence-electron chi connectivity index (χ3n) is 1.28. The molecule has 12 heavy (non-hydrogen) atoms. The smallest absolute Gasteiger partial charge is 0.332 e. The summed E-state index contributed by atoms with van der Waals surface area (Å²) in [6, 6.07) is 0. The Morgan fingerprint density at radius 1 is 1.50 bits per heavy atom. The molecule has 0 spiro atoms. The Kier molecular flexibility index (Phi) is 4.19. The van der Waals surface area contributed by atoms with Crippen molar-refractivity contribution in [3.63, 3.8) is 0 Å². The largest absolute Gasteiger partial charge is 0.479 e. The number of sulfone groups is 1. The van der Waals surface area contributed by atoms with Crippen LogP contribution in [0.4, 0.5) is 0 Å². The molecule has 5 nitrogen and oxygen atoms in total. The van der Waals surface area contributed by atoms with Crippen molar-refractivity contribution in [1.29, 1.82) is 0 Å². The van der Waals surface area contributed by atoms with Crippen LogP contribution in [0.3, 0.4) is 0 Å². The molecule has 0 heterocycles. The molecular formula is C6H12O5S. The molecule has 1 unspecified atom stereocenters. The van der Waals surface area contributed by atoms with E-state index in [9.17, 15) is 13.2 Å². The highest BCUT2D eigenvalue weighted by molar-refractivity contribution is 7.90. The lowest BCUT2D eigenvalue weighted by Crippen LogP contribution is -2.20. The number of carboxylic acids is 1. The van der Waals surface area contributed by atoms with E-state index in [0.717, 1.165) is 6.26 Å². The van der Waals surface area contributed by atoms with Gasteiger partial charge in [0.1, 0.15) is 9.84 Å². The third-order valence-corrected chi connectivity index (χ3v) is 2.31. The topological polar surface area (TPSA) is 91.7 Å². The van der Waals surface area contributed by atoms with Crippen molar-refractivity contribution in [1.82, 2.24) is 0 Å².